The zero-order valence-electron chi connectivity index (χ0n) is 19.3. The topological polar surface area (TPSA) is 140 Å². The number of hydrogen-bond donors (Lipinski definition) is 2. The molecule has 0 aliphatic carbocycles. The third kappa shape index (κ3) is 4.83. The zero-order chi connectivity index (χ0) is 25.3. The van der Waals surface area contributed by atoms with E-state index in [4.69, 9.17) is 32.8 Å². The van der Waals surface area contributed by atoms with Crippen LogP contribution in [0.15, 0.2) is 11.5 Å². The number of thiazole rings is 1. The van der Waals surface area contributed by atoms with Crippen LogP contribution in [0.1, 0.15) is 32.3 Å². The molecule has 1 amide bonds. The van der Waals surface area contributed by atoms with Crippen molar-refractivity contribution >= 4 is 57.3 Å². The van der Waals surface area contributed by atoms with E-state index < -0.39 is 17.9 Å². The number of piperidine rings is 1. The highest BCUT2D eigenvalue weighted by molar-refractivity contribution is 7.18. The Hall–Kier alpha value is -3.16. The first-order valence-electron chi connectivity index (χ1n) is 10.4. The first-order valence-corrected chi connectivity index (χ1v) is 11.9. The van der Waals surface area contributed by atoms with Gasteiger partial charge < -0.3 is 24.8 Å². The quantitative estimate of drug-likeness (QED) is 0.359. The van der Waals surface area contributed by atoms with E-state index in [9.17, 15) is 9.59 Å². The molecule has 4 heterocycles. The number of ether oxygens (including phenoxy) is 1. The molecule has 35 heavy (non-hydrogen) atoms. The van der Waals surface area contributed by atoms with Crippen LogP contribution < -0.4 is 10.2 Å². The fourth-order valence-electron chi connectivity index (χ4n) is 3.66. The van der Waals surface area contributed by atoms with Crippen LogP contribution in [0.4, 0.5) is 5.13 Å². The number of aromatic nitrogens is 5. The number of amides is 1. The standard InChI is InChI=1S/C20H22Cl2N8O4S/c1-9-12(21)13(22)14(25-9)18(31)26-10-5-6-30(7-11(10)28-34-4)20-27-15(16(35-20)19(32)33-3)17-23-8-24-29(17)2/h8,10,25H,5-7H2,1-4H3,(H,26,31)/b28-11-. The highest BCUT2D eigenvalue weighted by Gasteiger charge is 2.32. The number of nitrogens with one attached hydrogen (secondary N) is 2. The lowest BCUT2D eigenvalue weighted by molar-refractivity contribution is 0.0606. The van der Waals surface area contributed by atoms with Crippen LogP contribution in [0.5, 0.6) is 0 Å². The van der Waals surface area contributed by atoms with Gasteiger partial charge in [0.05, 0.1) is 35.5 Å². The molecule has 12 nitrogen and oxygen atoms in total. The Labute approximate surface area is 214 Å². The third-order valence-corrected chi connectivity index (χ3v) is 7.46. The monoisotopic (exact) mass is 540 g/mol. The van der Waals surface area contributed by atoms with E-state index in [1.165, 1.54) is 36.6 Å². The van der Waals surface area contributed by atoms with E-state index in [-0.39, 0.29) is 10.7 Å². The van der Waals surface area contributed by atoms with E-state index >= 15 is 0 Å². The number of anilines is 1. The Kier molecular flexibility index (Phi) is 7.28. The number of carbonyl (C=O) groups excluding carboxylic acids is 2. The molecular weight excluding hydrogens is 519 g/mol. The van der Waals surface area contributed by atoms with Crippen LogP contribution in [0.25, 0.3) is 11.5 Å². The summed E-state index contributed by atoms with van der Waals surface area (Å²) in [5.74, 6) is -0.479. The van der Waals surface area contributed by atoms with Gasteiger partial charge in [-0.3, -0.25) is 4.79 Å². The molecule has 186 valence electrons. The SMILES string of the molecule is CO/N=C1/CN(c2nc(-c3ncnn3C)c(C(=O)OC)s2)CCC1NC(=O)c1[nH]c(C)c(Cl)c1Cl. The second-order valence-electron chi connectivity index (χ2n) is 7.63. The Balaban J connectivity index is 1.57. The van der Waals surface area contributed by atoms with Gasteiger partial charge in [0.15, 0.2) is 11.0 Å². The Bertz CT molecular complexity index is 1300. The summed E-state index contributed by atoms with van der Waals surface area (Å²) in [7, 11) is 4.45. The van der Waals surface area contributed by atoms with E-state index in [1.807, 2.05) is 4.90 Å². The van der Waals surface area contributed by atoms with E-state index in [0.717, 1.165) is 0 Å². The molecule has 4 rings (SSSR count). The number of aromatic amines is 1. The number of nitrogens with zero attached hydrogens (tertiary/aromatic N) is 6. The number of methoxy groups -OCH3 is 1. The fraction of sp³-hybridized carbons (Fsp3) is 0.400. The Morgan fingerprint density at radius 2 is 2.09 bits per heavy atom. The number of oxime groups is 1. The first kappa shape index (κ1) is 24.9. The van der Waals surface area contributed by atoms with Crippen LogP contribution in [0, 0.1) is 6.92 Å². The summed E-state index contributed by atoms with van der Waals surface area (Å²) in [5.41, 5.74) is 1.74. The summed E-state index contributed by atoms with van der Waals surface area (Å²) < 4.78 is 6.47. The van der Waals surface area contributed by atoms with E-state index in [1.54, 1.807) is 14.0 Å². The molecule has 0 aromatic carbocycles. The van der Waals surface area contributed by atoms with Crippen molar-refractivity contribution < 1.29 is 19.2 Å². The van der Waals surface area contributed by atoms with Crippen molar-refractivity contribution in [3.05, 3.63) is 32.6 Å². The molecule has 2 N–H and O–H groups in total. The lowest BCUT2D eigenvalue weighted by atomic mass is 10.0. The summed E-state index contributed by atoms with van der Waals surface area (Å²) in [5, 5.41) is 12.2. The maximum Gasteiger partial charge on any atom is 0.350 e. The molecule has 15 heteroatoms. The fourth-order valence-corrected chi connectivity index (χ4v) is 5.08. The molecule has 0 spiro atoms. The van der Waals surface area contributed by atoms with Gasteiger partial charge in [0.1, 0.15) is 29.7 Å². The van der Waals surface area contributed by atoms with Gasteiger partial charge in [-0.05, 0) is 13.3 Å². The zero-order valence-corrected chi connectivity index (χ0v) is 21.6. The number of aryl methyl sites for hydroxylation is 2. The third-order valence-electron chi connectivity index (χ3n) is 5.42. The molecule has 1 atom stereocenters. The van der Waals surface area contributed by atoms with Gasteiger partial charge in [-0.1, -0.05) is 39.7 Å². The van der Waals surface area contributed by atoms with Crippen LogP contribution >= 0.6 is 34.5 Å². The first-order chi connectivity index (χ1) is 16.7. The molecule has 1 aliphatic heterocycles. The largest absolute Gasteiger partial charge is 0.465 e. The smallest absolute Gasteiger partial charge is 0.350 e. The summed E-state index contributed by atoms with van der Waals surface area (Å²) in [6, 6.07) is -0.407. The Morgan fingerprint density at radius 1 is 1.31 bits per heavy atom. The van der Waals surface area contributed by atoms with Gasteiger partial charge in [-0.25, -0.2) is 19.4 Å². The molecule has 1 saturated heterocycles. The summed E-state index contributed by atoms with van der Waals surface area (Å²) in [6.07, 6.45) is 1.89. The predicted molar refractivity (Wildman–Crippen MR) is 132 cm³/mol. The average Bonchev–Trinajstić information content (AvgIpc) is 3.54. The van der Waals surface area contributed by atoms with Gasteiger partial charge in [0, 0.05) is 19.3 Å². The minimum absolute atomic E-state index is 0.166. The van der Waals surface area contributed by atoms with Crippen molar-refractivity contribution in [1.29, 1.82) is 0 Å². The Morgan fingerprint density at radius 3 is 2.69 bits per heavy atom. The maximum absolute atomic E-state index is 12.8. The minimum atomic E-state index is -0.517. The van der Waals surface area contributed by atoms with Crippen molar-refractivity contribution in [3.63, 3.8) is 0 Å². The number of rotatable bonds is 6. The van der Waals surface area contributed by atoms with Crippen LogP contribution in [-0.4, -0.2) is 75.7 Å². The lowest BCUT2D eigenvalue weighted by Crippen LogP contribution is -2.52. The number of hydrogen-bond acceptors (Lipinski definition) is 10. The second kappa shape index (κ2) is 10.2. The molecule has 3 aromatic heterocycles. The molecule has 1 aliphatic rings. The highest BCUT2D eigenvalue weighted by atomic mass is 35.5. The van der Waals surface area contributed by atoms with Gasteiger partial charge in [-0.15, -0.1) is 0 Å². The van der Waals surface area contributed by atoms with Crippen molar-refractivity contribution in [2.75, 3.05) is 32.2 Å². The van der Waals surface area contributed by atoms with Crippen molar-refractivity contribution in [3.8, 4) is 11.5 Å². The summed E-state index contributed by atoms with van der Waals surface area (Å²) in [4.78, 5) is 44.3. The normalized spacial score (nSPS) is 17.0. The number of esters is 1. The molecular formula is C20H22Cl2N8O4S. The predicted octanol–water partition coefficient (Wildman–Crippen LogP) is 2.68. The minimum Gasteiger partial charge on any atom is -0.465 e. The molecule has 1 fully saturated rings. The van der Waals surface area contributed by atoms with Gasteiger partial charge in [0.25, 0.3) is 5.91 Å². The van der Waals surface area contributed by atoms with Crippen molar-refractivity contribution in [2.24, 2.45) is 12.2 Å². The number of H-pyrrole nitrogens is 1. The van der Waals surface area contributed by atoms with Crippen LogP contribution in [0.3, 0.4) is 0 Å². The number of halogens is 2. The summed E-state index contributed by atoms with van der Waals surface area (Å²) in [6.45, 7) is 2.56. The van der Waals surface area contributed by atoms with Gasteiger partial charge in [0.2, 0.25) is 0 Å². The van der Waals surface area contributed by atoms with E-state index in [0.29, 0.717) is 57.5 Å². The van der Waals surface area contributed by atoms with Crippen molar-refractivity contribution in [2.45, 2.75) is 19.4 Å². The molecule has 0 saturated carbocycles. The van der Waals surface area contributed by atoms with E-state index in [2.05, 4.69) is 30.5 Å². The molecule has 3 aromatic rings. The lowest BCUT2D eigenvalue weighted by Gasteiger charge is -2.32. The molecule has 0 radical (unpaired) electrons. The molecule has 0 bridgehead atoms. The van der Waals surface area contributed by atoms with Crippen LogP contribution in [0.2, 0.25) is 10.0 Å². The van der Waals surface area contributed by atoms with Gasteiger partial charge in [-0.2, -0.15) is 5.10 Å². The van der Waals surface area contributed by atoms with Crippen LogP contribution in [-0.2, 0) is 16.6 Å². The van der Waals surface area contributed by atoms with Gasteiger partial charge >= 0.3 is 5.97 Å². The summed E-state index contributed by atoms with van der Waals surface area (Å²) >= 11 is 13.5. The number of carbonyl (C=O) groups is 2. The van der Waals surface area contributed by atoms with Crippen molar-refractivity contribution in [1.82, 2.24) is 30.0 Å². The second-order valence-corrected chi connectivity index (χ2v) is 9.36. The average molecular weight is 541 g/mol. The molecule has 1 unspecified atom stereocenters. The maximum atomic E-state index is 12.8. The highest BCUT2D eigenvalue weighted by Crippen LogP contribution is 2.34.